The van der Waals surface area contributed by atoms with Gasteiger partial charge in [-0.2, -0.15) is 0 Å². The van der Waals surface area contributed by atoms with Gasteiger partial charge in [0.2, 0.25) is 0 Å². The molecule has 1 aliphatic heterocycles. The van der Waals surface area contributed by atoms with E-state index in [2.05, 4.69) is 11.9 Å². The molecule has 1 heterocycles. The molecule has 5 nitrogen and oxygen atoms in total. The maximum absolute atomic E-state index is 11.4. The van der Waals surface area contributed by atoms with E-state index in [1.165, 1.54) is 0 Å². The molecule has 22 heavy (non-hydrogen) atoms. The largest absolute Gasteiger partial charge is 0.497 e. The number of thioether (sulfide) groups is 1. The highest BCUT2D eigenvalue weighted by atomic mass is 32.2. The summed E-state index contributed by atoms with van der Waals surface area (Å²) in [5.41, 5.74) is 7.18. The van der Waals surface area contributed by atoms with Crippen LogP contribution in [0.25, 0.3) is 0 Å². The molecule has 1 unspecified atom stereocenters. The van der Waals surface area contributed by atoms with Gasteiger partial charge in [-0.15, -0.1) is 11.8 Å². The van der Waals surface area contributed by atoms with Crippen LogP contribution in [0, 0.1) is 0 Å². The Bertz CT molecular complexity index is 499. The molecule has 0 spiro atoms. The normalized spacial score (nSPS) is 19.6. The summed E-state index contributed by atoms with van der Waals surface area (Å²) < 4.78 is 4.76. The third-order valence-corrected chi connectivity index (χ3v) is 6.07. The number of likely N-dealkylation sites (tertiary alicyclic amines) is 1. The predicted molar refractivity (Wildman–Crippen MR) is 89.4 cm³/mol. The van der Waals surface area contributed by atoms with Crippen LogP contribution in [-0.2, 0) is 10.5 Å². The number of carboxylic acids is 1. The van der Waals surface area contributed by atoms with Crippen molar-refractivity contribution in [1.82, 2.24) is 4.90 Å². The second-order valence-corrected chi connectivity index (χ2v) is 7.21. The summed E-state index contributed by atoms with van der Waals surface area (Å²) in [5.74, 6) is 0.672. The summed E-state index contributed by atoms with van der Waals surface area (Å²) >= 11 is 1.68. The summed E-state index contributed by atoms with van der Waals surface area (Å²) in [6.07, 6.45) is 1.61. The van der Waals surface area contributed by atoms with Crippen LogP contribution in [0.15, 0.2) is 24.3 Å². The Morgan fingerprint density at radius 2 is 2.00 bits per heavy atom. The Kier molecular flexibility index (Phi) is 5.72. The van der Waals surface area contributed by atoms with Gasteiger partial charge in [0.15, 0.2) is 0 Å². The van der Waals surface area contributed by atoms with Crippen molar-refractivity contribution in [3.8, 4) is 5.75 Å². The minimum Gasteiger partial charge on any atom is -0.497 e. The fourth-order valence-corrected chi connectivity index (χ4v) is 4.11. The van der Waals surface area contributed by atoms with E-state index in [0.717, 1.165) is 43.0 Å². The zero-order valence-electron chi connectivity index (χ0n) is 13.1. The van der Waals surface area contributed by atoms with E-state index >= 15 is 0 Å². The van der Waals surface area contributed by atoms with Crippen LogP contribution >= 0.6 is 11.8 Å². The molecular weight excluding hydrogens is 300 g/mol. The summed E-state index contributed by atoms with van der Waals surface area (Å²) in [4.78, 5) is 13.6. The van der Waals surface area contributed by atoms with Gasteiger partial charge in [0.25, 0.3) is 0 Å². The molecule has 0 aliphatic carbocycles. The molecule has 0 aromatic heterocycles. The first-order valence-corrected chi connectivity index (χ1v) is 8.39. The monoisotopic (exact) mass is 324 g/mol. The van der Waals surface area contributed by atoms with E-state index in [9.17, 15) is 9.90 Å². The zero-order valence-corrected chi connectivity index (χ0v) is 13.9. The Morgan fingerprint density at radius 1 is 1.41 bits per heavy atom. The fraction of sp³-hybridized carbons (Fsp3) is 0.562. The second kappa shape index (κ2) is 7.35. The van der Waals surface area contributed by atoms with Gasteiger partial charge >= 0.3 is 5.97 Å². The van der Waals surface area contributed by atoms with Gasteiger partial charge < -0.3 is 20.5 Å². The highest BCUT2D eigenvalue weighted by Gasteiger charge is 2.43. The highest BCUT2D eigenvalue weighted by molar-refractivity contribution is 8.00. The van der Waals surface area contributed by atoms with Crippen LogP contribution in [0.1, 0.15) is 18.4 Å². The summed E-state index contributed by atoms with van der Waals surface area (Å²) in [5, 5.41) is 9.36. The molecule has 6 heteroatoms. The van der Waals surface area contributed by atoms with Gasteiger partial charge in [0, 0.05) is 10.5 Å². The van der Waals surface area contributed by atoms with Gasteiger partial charge in [-0.1, -0.05) is 12.1 Å². The Labute approximate surface area is 135 Å². The van der Waals surface area contributed by atoms with Gasteiger partial charge in [-0.25, -0.2) is 0 Å². The minimum atomic E-state index is -0.910. The van der Waals surface area contributed by atoms with Gasteiger partial charge in [-0.3, -0.25) is 4.79 Å². The average Bonchev–Trinajstić information content (AvgIpc) is 2.54. The Hall–Kier alpha value is -1.24. The number of piperidine rings is 1. The molecule has 122 valence electrons. The molecule has 2 rings (SSSR count). The van der Waals surface area contributed by atoms with Crippen LogP contribution in [0.3, 0.4) is 0 Å². The van der Waals surface area contributed by atoms with Gasteiger partial charge in [0.05, 0.1) is 7.11 Å². The summed E-state index contributed by atoms with van der Waals surface area (Å²) in [6, 6.07) is 7.05. The third kappa shape index (κ3) is 3.94. The number of ether oxygens (including phenoxy) is 1. The van der Waals surface area contributed by atoms with E-state index in [-0.39, 0.29) is 0 Å². The van der Waals surface area contributed by atoms with E-state index in [1.807, 2.05) is 24.3 Å². The van der Waals surface area contributed by atoms with E-state index in [1.54, 1.807) is 18.9 Å². The van der Waals surface area contributed by atoms with E-state index in [4.69, 9.17) is 10.5 Å². The average molecular weight is 324 g/mol. The first kappa shape index (κ1) is 17.1. The number of nitrogens with zero attached hydrogens (tertiary/aromatic N) is 1. The quantitative estimate of drug-likeness (QED) is 0.831. The Morgan fingerprint density at radius 3 is 2.50 bits per heavy atom. The second-order valence-electron chi connectivity index (χ2n) is 5.82. The molecule has 0 saturated carbocycles. The van der Waals surface area contributed by atoms with Crippen molar-refractivity contribution in [1.29, 1.82) is 0 Å². The molecule has 1 aromatic carbocycles. The fourth-order valence-electron chi connectivity index (χ4n) is 2.72. The first-order chi connectivity index (χ1) is 10.5. The van der Waals surface area contributed by atoms with E-state index in [0.29, 0.717) is 0 Å². The molecule has 1 atom stereocenters. The van der Waals surface area contributed by atoms with Crippen molar-refractivity contribution in [2.75, 3.05) is 27.2 Å². The molecule has 1 saturated heterocycles. The van der Waals surface area contributed by atoms with Gasteiger partial charge in [-0.05, 0) is 50.7 Å². The van der Waals surface area contributed by atoms with Crippen molar-refractivity contribution >= 4 is 17.7 Å². The van der Waals surface area contributed by atoms with Crippen LogP contribution in [0.4, 0.5) is 0 Å². The molecule has 1 fully saturated rings. The van der Waals surface area contributed by atoms with Crippen LogP contribution in [0.2, 0.25) is 0 Å². The predicted octanol–water partition coefficient (Wildman–Crippen LogP) is 1.80. The van der Waals surface area contributed by atoms with Crippen LogP contribution in [-0.4, -0.2) is 54.0 Å². The molecule has 0 radical (unpaired) electrons. The number of carbonyl (C=O) groups is 1. The van der Waals surface area contributed by atoms with Gasteiger partial charge in [0.1, 0.15) is 11.8 Å². The number of hydrogen-bond donors (Lipinski definition) is 2. The number of methoxy groups -OCH3 is 1. The molecule has 0 amide bonds. The summed E-state index contributed by atoms with van der Waals surface area (Å²) in [6.45, 7) is 1.77. The lowest BCUT2D eigenvalue weighted by Crippen LogP contribution is -2.55. The summed E-state index contributed by atoms with van der Waals surface area (Å²) in [7, 11) is 3.70. The number of benzene rings is 1. The molecular formula is C16H24N2O3S. The molecule has 0 bridgehead atoms. The number of rotatable bonds is 6. The number of carboxylic acid groups (broad SMARTS) is 1. The first-order valence-electron chi connectivity index (χ1n) is 7.41. The minimum absolute atomic E-state index is 0.391. The van der Waals surface area contributed by atoms with Crippen LogP contribution in [0.5, 0.6) is 5.75 Å². The third-order valence-electron chi connectivity index (χ3n) is 4.35. The lowest BCUT2D eigenvalue weighted by Gasteiger charge is -2.42. The number of hydrogen-bond acceptors (Lipinski definition) is 5. The van der Waals surface area contributed by atoms with Crippen molar-refractivity contribution in [2.24, 2.45) is 5.73 Å². The zero-order chi connectivity index (χ0) is 16.2. The number of aliphatic carboxylic acids is 1. The highest BCUT2D eigenvalue weighted by Crippen LogP contribution is 2.40. The topological polar surface area (TPSA) is 75.8 Å². The van der Waals surface area contributed by atoms with Crippen molar-refractivity contribution in [2.45, 2.75) is 29.4 Å². The molecule has 3 N–H and O–H groups in total. The van der Waals surface area contributed by atoms with Crippen molar-refractivity contribution in [3.63, 3.8) is 0 Å². The molecule has 1 aromatic rings. The lowest BCUT2D eigenvalue weighted by molar-refractivity contribution is -0.139. The lowest BCUT2D eigenvalue weighted by atomic mass is 9.89. The maximum atomic E-state index is 11.4. The van der Waals surface area contributed by atoms with Crippen LogP contribution < -0.4 is 10.5 Å². The standard InChI is InChI=1S/C16H24N2O3S/c1-18-9-7-16(8-10-18,14(17)15(19)20)22-11-12-3-5-13(21-2)6-4-12/h3-6,14H,7-11,17H2,1-2H3,(H,19,20). The maximum Gasteiger partial charge on any atom is 0.321 e. The smallest absolute Gasteiger partial charge is 0.321 e. The number of nitrogens with two attached hydrogens (primary N) is 1. The Balaban J connectivity index is 2.07. The molecule has 1 aliphatic rings. The van der Waals surface area contributed by atoms with Crippen molar-refractivity contribution < 1.29 is 14.6 Å². The van der Waals surface area contributed by atoms with Crippen molar-refractivity contribution in [3.05, 3.63) is 29.8 Å². The SMILES string of the molecule is COc1ccc(CSC2(C(N)C(=O)O)CCN(C)CC2)cc1. The van der Waals surface area contributed by atoms with E-state index < -0.39 is 16.8 Å².